The van der Waals surface area contributed by atoms with Crippen molar-refractivity contribution in [1.29, 1.82) is 0 Å². The van der Waals surface area contributed by atoms with Crippen LogP contribution in [0, 0.1) is 0 Å². The SMILES string of the molecule is NC1=IC=C(Br)C(F)=C1. The molecule has 1 aliphatic rings. The molecule has 0 bridgehead atoms. The summed E-state index contributed by atoms with van der Waals surface area (Å²) in [6.45, 7) is 0. The molecule has 0 unspecified atom stereocenters. The maximum Gasteiger partial charge on any atom is 0.139 e. The van der Waals surface area contributed by atoms with E-state index in [0.29, 0.717) is 8.12 Å². The summed E-state index contributed by atoms with van der Waals surface area (Å²) < 4.78 is 15.5. The molecule has 0 aromatic carbocycles. The third-order valence-corrected chi connectivity index (χ3v) is 4.20. The van der Waals surface area contributed by atoms with Crippen molar-refractivity contribution < 1.29 is 4.39 Å². The molecule has 0 aliphatic carbocycles. The molecular weight excluding hydrogens is 300 g/mol. The van der Waals surface area contributed by atoms with Crippen LogP contribution in [0.5, 0.6) is 0 Å². The van der Waals surface area contributed by atoms with E-state index in [1.807, 2.05) is 4.08 Å². The number of allylic oxidation sites excluding steroid dienone is 2. The Morgan fingerprint density at radius 3 is 2.78 bits per heavy atom. The standard InChI is InChI=1S/C5H4BrFIN/c6-3-2-8-5(9)1-4(3)7/h1-2H,9H2. The summed E-state index contributed by atoms with van der Waals surface area (Å²) in [6, 6.07) is 0. The zero-order valence-corrected chi connectivity index (χ0v) is 8.11. The van der Waals surface area contributed by atoms with E-state index in [-0.39, 0.29) is 26.6 Å². The lowest BCUT2D eigenvalue weighted by Crippen LogP contribution is -2.05. The quantitative estimate of drug-likeness (QED) is 0.682. The fourth-order valence-corrected chi connectivity index (χ4v) is 2.46. The van der Waals surface area contributed by atoms with E-state index >= 15 is 0 Å². The molecule has 0 aromatic rings. The summed E-state index contributed by atoms with van der Waals surface area (Å²) in [5, 5.41) is 0. The van der Waals surface area contributed by atoms with Crippen molar-refractivity contribution in [3.8, 4) is 0 Å². The van der Waals surface area contributed by atoms with Gasteiger partial charge in [-0.25, -0.2) is 4.39 Å². The first kappa shape index (κ1) is 7.56. The molecule has 1 aliphatic heterocycles. The van der Waals surface area contributed by atoms with Crippen molar-refractivity contribution in [2.75, 3.05) is 0 Å². The molecule has 0 saturated heterocycles. The highest BCUT2D eigenvalue weighted by Crippen LogP contribution is 2.26. The van der Waals surface area contributed by atoms with Crippen LogP contribution in [0.2, 0.25) is 0 Å². The van der Waals surface area contributed by atoms with Crippen LogP contribution in [0.15, 0.2) is 20.5 Å². The maximum atomic E-state index is 12.5. The smallest absolute Gasteiger partial charge is 0.139 e. The van der Waals surface area contributed by atoms with E-state index < -0.39 is 0 Å². The van der Waals surface area contributed by atoms with Crippen LogP contribution in [0.1, 0.15) is 0 Å². The molecule has 1 nitrogen and oxygen atoms in total. The number of hydrogen-bond donors (Lipinski definition) is 1. The second kappa shape index (κ2) is 3.03. The summed E-state index contributed by atoms with van der Waals surface area (Å²) in [5.41, 5.74) is 5.37. The highest BCUT2D eigenvalue weighted by Gasteiger charge is 2.03. The van der Waals surface area contributed by atoms with E-state index in [0.717, 1.165) is 0 Å². The van der Waals surface area contributed by atoms with Gasteiger partial charge in [0.25, 0.3) is 0 Å². The second-order valence-corrected chi connectivity index (χ2v) is 4.79. The number of nitrogens with two attached hydrogens (primary N) is 1. The van der Waals surface area contributed by atoms with Gasteiger partial charge in [0, 0.05) is 3.63 Å². The van der Waals surface area contributed by atoms with Crippen LogP contribution in [0.3, 0.4) is 0 Å². The molecule has 0 fully saturated rings. The van der Waals surface area contributed by atoms with Gasteiger partial charge in [-0.05, 0) is 26.1 Å². The zero-order valence-electron chi connectivity index (χ0n) is 4.37. The normalized spacial score (nSPS) is 19.2. The van der Waals surface area contributed by atoms with Gasteiger partial charge in [-0.3, -0.25) is 5.73 Å². The van der Waals surface area contributed by atoms with Gasteiger partial charge in [0.1, 0.15) is 5.83 Å². The molecule has 9 heavy (non-hydrogen) atoms. The average Bonchev–Trinajstić information content (AvgIpc) is 1.80. The van der Waals surface area contributed by atoms with Crippen LogP contribution in [-0.4, -0.2) is 3.63 Å². The Labute approximate surface area is 70.7 Å². The molecular formula is C5H4BrFIN. The van der Waals surface area contributed by atoms with Crippen molar-refractivity contribution in [3.05, 3.63) is 20.5 Å². The lowest BCUT2D eigenvalue weighted by atomic mass is 10.4. The summed E-state index contributed by atoms with van der Waals surface area (Å²) in [5.74, 6) is -0.265. The van der Waals surface area contributed by atoms with Crippen molar-refractivity contribution in [2.45, 2.75) is 0 Å². The number of hydrogen-bond acceptors (Lipinski definition) is 1. The summed E-state index contributed by atoms with van der Waals surface area (Å²) in [6.07, 6.45) is 1.37. The molecule has 0 saturated carbocycles. The minimum absolute atomic E-state index is 0.246. The van der Waals surface area contributed by atoms with Crippen LogP contribution in [-0.2, 0) is 0 Å². The van der Waals surface area contributed by atoms with Crippen LogP contribution in [0.4, 0.5) is 4.39 Å². The van der Waals surface area contributed by atoms with E-state index in [2.05, 4.69) is 15.9 Å². The summed E-state index contributed by atoms with van der Waals surface area (Å²) in [7, 11) is 0. The van der Waals surface area contributed by atoms with E-state index in [4.69, 9.17) is 5.73 Å². The number of rotatable bonds is 0. The Bertz CT molecular complexity index is 219. The first-order valence-corrected chi connectivity index (χ1v) is 5.31. The maximum absolute atomic E-state index is 12.5. The Morgan fingerprint density at radius 1 is 1.67 bits per heavy atom. The predicted octanol–water partition coefficient (Wildman–Crippen LogP) is 2.15. The summed E-state index contributed by atoms with van der Waals surface area (Å²) >= 11 is 2.81. The highest BCUT2D eigenvalue weighted by atomic mass is 127. The molecule has 0 aromatic heterocycles. The molecule has 0 spiro atoms. The van der Waals surface area contributed by atoms with Crippen LogP contribution >= 0.6 is 36.7 Å². The van der Waals surface area contributed by atoms with Crippen LogP contribution in [0.25, 0.3) is 0 Å². The van der Waals surface area contributed by atoms with Gasteiger partial charge in [0.2, 0.25) is 0 Å². The molecule has 4 heteroatoms. The Balaban J connectivity index is 2.99. The third kappa shape index (κ3) is 1.94. The van der Waals surface area contributed by atoms with Gasteiger partial charge in [-0.2, -0.15) is 0 Å². The van der Waals surface area contributed by atoms with E-state index in [9.17, 15) is 4.39 Å². The largest absolute Gasteiger partial charge is 0.298 e. The topological polar surface area (TPSA) is 26.0 Å². The lowest BCUT2D eigenvalue weighted by Gasteiger charge is -1.98. The third-order valence-electron chi connectivity index (χ3n) is 0.769. The van der Waals surface area contributed by atoms with Gasteiger partial charge in [0.15, 0.2) is 0 Å². The fourth-order valence-electron chi connectivity index (χ4n) is 0.385. The van der Waals surface area contributed by atoms with E-state index in [1.165, 1.54) is 6.08 Å². The molecule has 0 radical (unpaired) electrons. The first-order chi connectivity index (χ1) is 4.20. The fraction of sp³-hybridized carbons (Fsp3) is 0. The molecule has 1 rings (SSSR count). The Kier molecular flexibility index (Phi) is 2.54. The van der Waals surface area contributed by atoms with Gasteiger partial charge >= 0.3 is 0 Å². The highest BCUT2D eigenvalue weighted by molar-refractivity contribution is 14.2. The van der Waals surface area contributed by atoms with Crippen molar-refractivity contribution in [1.82, 2.24) is 0 Å². The lowest BCUT2D eigenvalue weighted by molar-refractivity contribution is 0.666. The van der Waals surface area contributed by atoms with E-state index in [1.54, 1.807) is 0 Å². The molecule has 2 N–H and O–H groups in total. The molecule has 0 amide bonds. The van der Waals surface area contributed by atoms with Crippen LogP contribution < -0.4 is 5.73 Å². The van der Waals surface area contributed by atoms with Gasteiger partial charge in [-0.1, -0.05) is 20.7 Å². The van der Waals surface area contributed by atoms with Crippen molar-refractivity contribution in [2.24, 2.45) is 5.73 Å². The molecule has 0 atom stereocenters. The first-order valence-electron chi connectivity index (χ1n) is 2.19. The molecule has 1 heterocycles. The van der Waals surface area contributed by atoms with Gasteiger partial charge < -0.3 is 0 Å². The number of halogens is 3. The Hall–Kier alpha value is 0.450. The Morgan fingerprint density at radius 2 is 2.33 bits per heavy atom. The second-order valence-electron chi connectivity index (χ2n) is 1.44. The minimum atomic E-state index is -0.265. The van der Waals surface area contributed by atoms with Crippen molar-refractivity contribution >= 4 is 40.3 Å². The predicted molar refractivity (Wildman–Crippen MR) is 49.4 cm³/mol. The van der Waals surface area contributed by atoms with Crippen molar-refractivity contribution in [3.63, 3.8) is 0 Å². The monoisotopic (exact) mass is 303 g/mol. The average molecular weight is 304 g/mol. The van der Waals surface area contributed by atoms with Gasteiger partial charge in [0.05, 0.1) is 4.48 Å². The summed E-state index contributed by atoms with van der Waals surface area (Å²) in [4.78, 5) is 0. The zero-order chi connectivity index (χ0) is 6.85. The minimum Gasteiger partial charge on any atom is -0.298 e. The molecule has 50 valence electrons. The van der Waals surface area contributed by atoms with Gasteiger partial charge in [-0.15, -0.1) is 0 Å².